The van der Waals surface area contributed by atoms with Gasteiger partial charge in [-0.05, 0) is 25.8 Å². The average Bonchev–Trinajstić information content (AvgIpc) is 2.25. The van der Waals surface area contributed by atoms with Crippen molar-refractivity contribution in [2.45, 2.75) is 19.8 Å². The molecule has 82 valence electrons. The normalized spacial score (nSPS) is 14.3. The topological polar surface area (TPSA) is 38.3 Å². The molecular weight excluding hydrogens is 190 g/mol. The second-order valence-corrected chi connectivity index (χ2v) is 3.48. The minimum absolute atomic E-state index is 0.329. The van der Waals surface area contributed by atoms with Crippen LogP contribution in [0.1, 0.15) is 19.8 Å². The lowest BCUT2D eigenvalue weighted by Crippen LogP contribution is -2.20. The Balaban J connectivity index is 2.11. The standard InChI is InChI=1S/C12H17NO2/c1-10(2)12(14)15-9-8-13-11-6-4-3-5-7-11/h4,6-7,13H,1,3,5,8-9H2,2H3. The molecule has 1 N–H and O–H groups in total. The number of nitrogens with one attached hydrogen (secondary N) is 1. The summed E-state index contributed by atoms with van der Waals surface area (Å²) < 4.78 is 4.94. The monoisotopic (exact) mass is 207 g/mol. The molecule has 0 heterocycles. The zero-order chi connectivity index (χ0) is 11.1. The van der Waals surface area contributed by atoms with E-state index in [0.29, 0.717) is 18.7 Å². The Morgan fingerprint density at radius 3 is 3.00 bits per heavy atom. The lowest BCUT2D eigenvalue weighted by molar-refractivity contribution is -0.138. The highest BCUT2D eigenvalue weighted by Gasteiger charge is 2.02. The largest absolute Gasteiger partial charge is 0.460 e. The summed E-state index contributed by atoms with van der Waals surface area (Å²) in [5.41, 5.74) is 1.54. The minimum atomic E-state index is -0.329. The Hall–Kier alpha value is -1.51. The number of allylic oxidation sites excluding steroid dienone is 3. The van der Waals surface area contributed by atoms with E-state index >= 15 is 0 Å². The van der Waals surface area contributed by atoms with Crippen molar-refractivity contribution in [3.63, 3.8) is 0 Å². The quantitative estimate of drug-likeness (QED) is 0.425. The smallest absolute Gasteiger partial charge is 0.333 e. The summed E-state index contributed by atoms with van der Waals surface area (Å²) >= 11 is 0. The lowest BCUT2D eigenvalue weighted by atomic mass is 10.1. The van der Waals surface area contributed by atoms with Crippen molar-refractivity contribution in [3.8, 4) is 0 Å². The number of esters is 1. The van der Waals surface area contributed by atoms with Crippen LogP contribution in [0.3, 0.4) is 0 Å². The number of hydrogen-bond acceptors (Lipinski definition) is 3. The molecule has 0 aromatic carbocycles. The highest BCUT2D eigenvalue weighted by molar-refractivity contribution is 5.86. The molecule has 0 fully saturated rings. The zero-order valence-electron chi connectivity index (χ0n) is 9.08. The number of hydrogen-bond donors (Lipinski definition) is 1. The van der Waals surface area contributed by atoms with E-state index in [9.17, 15) is 4.79 Å². The SMILES string of the molecule is C=C(C)C(=O)OCCNC1=CCCC=C1. The molecule has 0 unspecified atom stereocenters. The Labute approximate surface area is 90.5 Å². The van der Waals surface area contributed by atoms with E-state index < -0.39 is 0 Å². The first-order valence-corrected chi connectivity index (χ1v) is 5.13. The van der Waals surface area contributed by atoms with Gasteiger partial charge in [0.15, 0.2) is 0 Å². The Kier molecular flexibility index (Phi) is 4.68. The van der Waals surface area contributed by atoms with Gasteiger partial charge in [-0.1, -0.05) is 18.7 Å². The van der Waals surface area contributed by atoms with Crippen LogP contribution < -0.4 is 5.32 Å². The maximum absolute atomic E-state index is 11.0. The molecule has 0 aromatic heterocycles. The van der Waals surface area contributed by atoms with Crippen molar-refractivity contribution in [1.82, 2.24) is 5.32 Å². The van der Waals surface area contributed by atoms with Crippen molar-refractivity contribution in [1.29, 1.82) is 0 Å². The van der Waals surface area contributed by atoms with Crippen LogP contribution in [0.25, 0.3) is 0 Å². The van der Waals surface area contributed by atoms with E-state index in [2.05, 4.69) is 24.0 Å². The molecule has 0 amide bonds. The molecule has 1 rings (SSSR count). The molecule has 0 atom stereocenters. The van der Waals surface area contributed by atoms with Crippen LogP contribution in [-0.2, 0) is 9.53 Å². The fraction of sp³-hybridized carbons (Fsp3) is 0.417. The summed E-state index contributed by atoms with van der Waals surface area (Å²) in [6, 6.07) is 0. The Morgan fingerprint density at radius 2 is 2.40 bits per heavy atom. The molecular formula is C12H17NO2. The predicted molar refractivity (Wildman–Crippen MR) is 60.2 cm³/mol. The van der Waals surface area contributed by atoms with E-state index in [1.165, 1.54) is 0 Å². The van der Waals surface area contributed by atoms with E-state index in [4.69, 9.17) is 4.74 Å². The molecule has 0 radical (unpaired) electrons. The first kappa shape index (κ1) is 11.6. The maximum Gasteiger partial charge on any atom is 0.333 e. The molecule has 0 aromatic rings. The van der Waals surface area contributed by atoms with Crippen LogP contribution in [-0.4, -0.2) is 19.1 Å². The van der Waals surface area contributed by atoms with E-state index in [1.54, 1.807) is 6.92 Å². The Bertz CT molecular complexity index is 303. The molecule has 0 bridgehead atoms. The van der Waals surface area contributed by atoms with Crippen molar-refractivity contribution >= 4 is 5.97 Å². The van der Waals surface area contributed by atoms with Crippen molar-refractivity contribution in [2.24, 2.45) is 0 Å². The van der Waals surface area contributed by atoms with Gasteiger partial charge in [0.05, 0.1) is 0 Å². The molecule has 0 saturated carbocycles. The van der Waals surface area contributed by atoms with Gasteiger partial charge in [-0.2, -0.15) is 0 Å². The van der Waals surface area contributed by atoms with Gasteiger partial charge in [-0.3, -0.25) is 0 Å². The van der Waals surface area contributed by atoms with Crippen LogP contribution in [0.15, 0.2) is 36.1 Å². The lowest BCUT2D eigenvalue weighted by Gasteiger charge is -2.10. The van der Waals surface area contributed by atoms with E-state index in [0.717, 1.165) is 18.5 Å². The van der Waals surface area contributed by atoms with Gasteiger partial charge < -0.3 is 10.1 Å². The summed E-state index contributed by atoms with van der Waals surface area (Å²) in [6.07, 6.45) is 8.49. The average molecular weight is 207 g/mol. The van der Waals surface area contributed by atoms with Crippen LogP contribution in [0.5, 0.6) is 0 Å². The molecule has 3 heteroatoms. The molecule has 0 aliphatic heterocycles. The second-order valence-electron chi connectivity index (χ2n) is 3.48. The second kappa shape index (κ2) is 6.06. The summed E-state index contributed by atoms with van der Waals surface area (Å²) in [6.45, 7) is 6.15. The number of rotatable bonds is 5. The molecule has 1 aliphatic rings. The highest BCUT2D eigenvalue weighted by Crippen LogP contribution is 2.06. The highest BCUT2D eigenvalue weighted by atomic mass is 16.5. The Morgan fingerprint density at radius 1 is 1.60 bits per heavy atom. The number of carbonyl (C=O) groups excluding carboxylic acids is 1. The van der Waals surface area contributed by atoms with Gasteiger partial charge in [-0.25, -0.2) is 4.79 Å². The van der Waals surface area contributed by atoms with Crippen LogP contribution >= 0.6 is 0 Å². The van der Waals surface area contributed by atoms with Crippen LogP contribution in [0.2, 0.25) is 0 Å². The van der Waals surface area contributed by atoms with Gasteiger partial charge in [0.25, 0.3) is 0 Å². The fourth-order valence-electron chi connectivity index (χ4n) is 1.21. The van der Waals surface area contributed by atoms with Crippen molar-refractivity contribution in [3.05, 3.63) is 36.1 Å². The van der Waals surface area contributed by atoms with Crippen LogP contribution in [0.4, 0.5) is 0 Å². The summed E-state index contributed by atoms with van der Waals surface area (Å²) in [5.74, 6) is -0.329. The number of ether oxygens (including phenoxy) is 1. The van der Waals surface area contributed by atoms with Gasteiger partial charge in [0, 0.05) is 17.8 Å². The molecule has 1 aliphatic carbocycles. The van der Waals surface area contributed by atoms with Gasteiger partial charge >= 0.3 is 5.97 Å². The van der Waals surface area contributed by atoms with Gasteiger partial charge in [0.1, 0.15) is 6.61 Å². The molecule has 3 nitrogen and oxygen atoms in total. The van der Waals surface area contributed by atoms with Gasteiger partial charge in [0.2, 0.25) is 0 Å². The summed E-state index contributed by atoms with van der Waals surface area (Å²) in [5, 5.41) is 3.18. The number of carbonyl (C=O) groups is 1. The zero-order valence-corrected chi connectivity index (χ0v) is 9.08. The third-order valence-electron chi connectivity index (χ3n) is 2.01. The maximum atomic E-state index is 11.0. The minimum Gasteiger partial charge on any atom is -0.460 e. The van der Waals surface area contributed by atoms with Crippen molar-refractivity contribution in [2.75, 3.05) is 13.2 Å². The summed E-state index contributed by atoms with van der Waals surface area (Å²) in [7, 11) is 0. The third-order valence-corrected chi connectivity index (χ3v) is 2.01. The molecule has 0 spiro atoms. The first-order chi connectivity index (χ1) is 7.20. The first-order valence-electron chi connectivity index (χ1n) is 5.13. The predicted octanol–water partition coefficient (Wildman–Crippen LogP) is 1.93. The van der Waals surface area contributed by atoms with Crippen molar-refractivity contribution < 1.29 is 9.53 Å². The fourth-order valence-corrected chi connectivity index (χ4v) is 1.21. The van der Waals surface area contributed by atoms with Crippen LogP contribution in [0, 0.1) is 0 Å². The van der Waals surface area contributed by atoms with E-state index in [-0.39, 0.29) is 5.97 Å². The summed E-state index contributed by atoms with van der Waals surface area (Å²) in [4.78, 5) is 11.0. The third kappa shape index (κ3) is 4.49. The molecule has 0 saturated heterocycles. The van der Waals surface area contributed by atoms with Gasteiger partial charge in [-0.15, -0.1) is 0 Å². The van der Waals surface area contributed by atoms with E-state index in [1.807, 2.05) is 6.08 Å². The molecule has 15 heavy (non-hydrogen) atoms.